The van der Waals surface area contributed by atoms with Crippen LogP contribution in [0.2, 0.25) is 0 Å². The minimum absolute atomic E-state index is 0.0403. The molecule has 54 heavy (non-hydrogen) atoms. The number of benzene rings is 5. The first-order valence-corrected chi connectivity index (χ1v) is 16.0. The molecule has 1 aliphatic rings. The summed E-state index contributed by atoms with van der Waals surface area (Å²) < 4.78 is 67.7. The second-order valence-corrected chi connectivity index (χ2v) is 12.1. The van der Waals surface area contributed by atoms with Crippen LogP contribution in [-0.4, -0.2) is 15.8 Å². The number of carbonyl (C=O) groups excluding carboxylic acids is 1. The number of nitro benzene ring substituents is 2. The maximum atomic E-state index is 16.3. The number of ether oxygens (including phenoxy) is 1. The summed E-state index contributed by atoms with van der Waals surface area (Å²) in [7, 11) is 0. The Bertz CT molecular complexity index is 2420. The van der Waals surface area contributed by atoms with Gasteiger partial charge in [0.05, 0.1) is 15.4 Å². The molecule has 0 amide bonds. The van der Waals surface area contributed by atoms with Gasteiger partial charge < -0.3 is 4.74 Å². The number of non-ortho nitro benzene ring substituents is 2. The molecular weight excluding hydrogens is 704 g/mol. The van der Waals surface area contributed by atoms with Crippen molar-refractivity contribution in [1.82, 2.24) is 0 Å². The first-order chi connectivity index (χ1) is 25.9. The average molecular weight is 729 g/mol. The third-order valence-electron chi connectivity index (χ3n) is 8.67. The zero-order valence-electron chi connectivity index (χ0n) is 27.8. The fourth-order valence-corrected chi connectivity index (χ4v) is 6.29. The highest BCUT2D eigenvalue weighted by Gasteiger charge is 2.50. The van der Waals surface area contributed by atoms with Crippen LogP contribution in [0.5, 0.6) is 0 Å². The van der Waals surface area contributed by atoms with Crippen LogP contribution < -0.4 is 0 Å². The molecule has 6 rings (SSSR count). The molecule has 0 aliphatic carbocycles. The average Bonchev–Trinajstić information content (AvgIpc) is 3.46. The maximum Gasteiger partial charge on any atom is 0.343 e. The molecule has 0 fully saturated rings. The van der Waals surface area contributed by atoms with Gasteiger partial charge in [-0.05, 0) is 56.7 Å². The van der Waals surface area contributed by atoms with Crippen LogP contribution >= 0.6 is 0 Å². The Labute approximate surface area is 305 Å². The van der Waals surface area contributed by atoms with E-state index in [0.29, 0.717) is 22.3 Å². The van der Waals surface area contributed by atoms with Crippen molar-refractivity contribution in [3.8, 4) is 24.7 Å². The van der Waals surface area contributed by atoms with Crippen LogP contribution in [0.15, 0.2) is 109 Å². The zero-order valence-corrected chi connectivity index (χ0v) is 27.8. The molecule has 0 atom stereocenters. The quantitative estimate of drug-likeness (QED) is 0.0270. The summed E-state index contributed by atoms with van der Waals surface area (Å²) in [5.74, 6) is -5.01. The summed E-state index contributed by atoms with van der Waals surface area (Å²) >= 11 is 0. The molecule has 0 unspecified atom stereocenters. The van der Waals surface area contributed by atoms with E-state index in [4.69, 9.17) is 17.6 Å². The lowest BCUT2D eigenvalue weighted by Gasteiger charge is -2.27. The Morgan fingerprint density at radius 1 is 0.648 bits per heavy atom. The second-order valence-electron chi connectivity index (χ2n) is 12.1. The van der Waals surface area contributed by atoms with Gasteiger partial charge in [-0.1, -0.05) is 72.8 Å². The Kier molecular flexibility index (Phi) is 9.96. The van der Waals surface area contributed by atoms with Gasteiger partial charge in [-0.15, -0.1) is 24.7 Å². The van der Waals surface area contributed by atoms with Gasteiger partial charge in [0.15, 0.2) is 28.9 Å². The van der Waals surface area contributed by atoms with Gasteiger partial charge in [0.25, 0.3) is 11.4 Å². The lowest BCUT2D eigenvalue weighted by atomic mass is 9.82. The number of halogens is 4. The monoisotopic (exact) mass is 728 g/mol. The lowest BCUT2D eigenvalue weighted by Crippen LogP contribution is -2.24. The number of esters is 1. The highest BCUT2D eigenvalue weighted by molar-refractivity contribution is 5.98. The third-order valence-corrected chi connectivity index (χ3v) is 8.67. The number of cyclic esters (lactones) is 1. The van der Waals surface area contributed by atoms with E-state index < -0.39 is 55.8 Å². The molecule has 0 spiro atoms. The SMILES string of the molecule is C#CCc1cccc(/C(=C\C2(/C=C(\c3cccc(CC#C)c3)c3cccc([N+](=O)[O-])c3)OC(=O)c3c(F)c(F)c(F)c(F)c32)c2cccc([N+](=O)[O-])c2)c1. The predicted molar refractivity (Wildman–Crippen MR) is 192 cm³/mol. The summed E-state index contributed by atoms with van der Waals surface area (Å²) in [6.45, 7) is 0. The predicted octanol–water partition coefficient (Wildman–Crippen LogP) is 9.04. The molecule has 0 radical (unpaired) electrons. The number of nitro groups is 2. The standard InChI is InChI=1S/C42H24F4N2O6/c1-3-9-25-11-5-13-27(19-25)33(29-15-7-17-31(21-29)47(50)51)23-42(36-35(41(49)54-42)37(43)39(45)40(46)38(36)44)24-34(28-14-6-12-26(20-28)10-4-2)30-16-8-18-32(22-30)48(52)53/h1-2,5-8,11-24H,9-10H2/b33-23+,34-24+. The minimum atomic E-state index is -2.64. The molecule has 0 N–H and O–H groups in total. The Balaban J connectivity index is 1.81. The van der Waals surface area contributed by atoms with Gasteiger partial charge in [-0.2, -0.15) is 0 Å². The van der Waals surface area contributed by atoms with Crippen LogP contribution in [-0.2, 0) is 23.2 Å². The molecule has 0 bridgehead atoms. The molecule has 0 saturated heterocycles. The minimum Gasteiger partial charge on any atom is -0.442 e. The summed E-state index contributed by atoms with van der Waals surface area (Å²) in [5, 5.41) is 23.8. The van der Waals surface area contributed by atoms with Crippen LogP contribution in [0.1, 0.15) is 49.3 Å². The van der Waals surface area contributed by atoms with Crippen LogP contribution in [0.25, 0.3) is 11.1 Å². The van der Waals surface area contributed by atoms with E-state index in [9.17, 15) is 29.4 Å². The Morgan fingerprint density at radius 2 is 1.06 bits per heavy atom. The third kappa shape index (κ3) is 6.84. The molecule has 1 heterocycles. The van der Waals surface area contributed by atoms with E-state index >= 15 is 13.2 Å². The van der Waals surface area contributed by atoms with Crippen LogP contribution in [0, 0.1) is 68.2 Å². The number of fused-ring (bicyclic) bond motifs is 1. The van der Waals surface area contributed by atoms with Crippen molar-refractivity contribution in [3.05, 3.63) is 197 Å². The fourth-order valence-electron chi connectivity index (χ4n) is 6.29. The van der Waals surface area contributed by atoms with E-state index in [1.807, 2.05) is 0 Å². The summed E-state index contributed by atoms with van der Waals surface area (Å²) in [6.07, 6.45) is 13.7. The number of hydrogen-bond donors (Lipinski definition) is 0. The molecule has 5 aromatic rings. The molecule has 0 aromatic heterocycles. The van der Waals surface area contributed by atoms with Crippen molar-refractivity contribution in [2.24, 2.45) is 0 Å². The van der Waals surface area contributed by atoms with Gasteiger partial charge >= 0.3 is 5.97 Å². The summed E-state index contributed by atoms with van der Waals surface area (Å²) in [6, 6.07) is 23.5. The van der Waals surface area contributed by atoms with Gasteiger partial charge in [-0.25, -0.2) is 22.4 Å². The number of hydrogen-bond acceptors (Lipinski definition) is 6. The molecular formula is C42H24F4N2O6. The summed E-state index contributed by atoms with van der Waals surface area (Å²) in [5.41, 5.74) is -3.51. The highest BCUT2D eigenvalue weighted by atomic mass is 19.2. The lowest BCUT2D eigenvalue weighted by molar-refractivity contribution is -0.385. The molecule has 5 aromatic carbocycles. The van der Waals surface area contributed by atoms with Crippen molar-refractivity contribution in [3.63, 3.8) is 0 Å². The second kappa shape index (κ2) is 14.7. The Morgan fingerprint density at radius 3 is 1.48 bits per heavy atom. The molecule has 12 heteroatoms. The normalized spacial score (nSPS) is 13.4. The van der Waals surface area contributed by atoms with E-state index in [1.54, 1.807) is 48.5 Å². The van der Waals surface area contributed by atoms with Crippen molar-refractivity contribution < 1.29 is 36.9 Å². The first-order valence-electron chi connectivity index (χ1n) is 16.0. The first kappa shape index (κ1) is 36.5. The molecule has 8 nitrogen and oxygen atoms in total. The zero-order chi connectivity index (χ0) is 38.7. The number of rotatable bonds is 10. The molecule has 266 valence electrons. The number of carbonyl (C=O) groups is 1. The van der Waals surface area contributed by atoms with Crippen LogP contribution in [0.3, 0.4) is 0 Å². The van der Waals surface area contributed by atoms with E-state index in [1.165, 1.54) is 48.5 Å². The topological polar surface area (TPSA) is 113 Å². The Hall–Kier alpha value is -7.31. The van der Waals surface area contributed by atoms with E-state index in [-0.39, 0.29) is 46.5 Å². The number of nitrogens with zero attached hydrogens (tertiary/aromatic N) is 2. The van der Waals surface area contributed by atoms with Crippen molar-refractivity contribution in [2.45, 2.75) is 18.4 Å². The summed E-state index contributed by atoms with van der Waals surface area (Å²) in [4.78, 5) is 36.0. The largest absolute Gasteiger partial charge is 0.442 e. The molecule has 1 aliphatic heterocycles. The van der Waals surface area contributed by atoms with E-state index in [2.05, 4.69) is 11.8 Å². The van der Waals surface area contributed by atoms with Gasteiger partial charge in [0, 0.05) is 37.1 Å². The van der Waals surface area contributed by atoms with Crippen LogP contribution in [0.4, 0.5) is 28.9 Å². The van der Waals surface area contributed by atoms with Crippen molar-refractivity contribution >= 4 is 28.5 Å². The smallest absolute Gasteiger partial charge is 0.343 e. The molecule has 0 saturated carbocycles. The maximum absolute atomic E-state index is 16.3. The van der Waals surface area contributed by atoms with Crippen molar-refractivity contribution in [2.75, 3.05) is 0 Å². The highest BCUT2D eigenvalue weighted by Crippen LogP contribution is 2.48. The van der Waals surface area contributed by atoms with Crippen molar-refractivity contribution in [1.29, 1.82) is 0 Å². The van der Waals surface area contributed by atoms with E-state index in [0.717, 1.165) is 12.2 Å². The van der Waals surface area contributed by atoms with Gasteiger partial charge in [-0.3, -0.25) is 20.2 Å². The fraction of sp³-hybridized carbons (Fsp3) is 0.0714. The number of terminal acetylenes is 2. The van der Waals surface area contributed by atoms with Gasteiger partial charge in [0.2, 0.25) is 0 Å². The van der Waals surface area contributed by atoms with Gasteiger partial charge in [0.1, 0.15) is 5.56 Å².